The first-order valence-electron chi connectivity index (χ1n) is 9.44. The lowest BCUT2D eigenvalue weighted by atomic mass is 9.88. The molecular formula is C22H21NO5. The van der Waals surface area contributed by atoms with Gasteiger partial charge in [0.25, 0.3) is 5.91 Å². The van der Waals surface area contributed by atoms with Crippen molar-refractivity contribution in [2.75, 3.05) is 6.61 Å². The molecule has 2 aromatic rings. The molecule has 0 aromatic heterocycles. The zero-order valence-electron chi connectivity index (χ0n) is 15.4. The number of nitrogens with one attached hydrogen (secondary N) is 1. The van der Waals surface area contributed by atoms with E-state index in [0.717, 1.165) is 24.8 Å². The Morgan fingerprint density at radius 1 is 1.07 bits per heavy atom. The molecule has 0 saturated heterocycles. The highest BCUT2D eigenvalue weighted by Crippen LogP contribution is 2.33. The van der Waals surface area contributed by atoms with Crippen molar-refractivity contribution in [2.45, 2.75) is 37.8 Å². The van der Waals surface area contributed by atoms with E-state index in [1.54, 1.807) is 24.3 Å². The Morgan fingerprint density at radius 3 is 2.68 bits per heavy atom. The van der Waals surface area contributed by atoms with Crippen LogP contribution in [0.15, 0.2) is 48.5 Å². The number of benzene rings is 2. The lowest BCUT2D eigenvalue weighted by Gasteiger charge is -2.26. The molecule has 1 amide bonds. The average molecular weight is 379 g/mol. The second kappa shape index (κ2) is 7.84. The molecule has 4 rings (SSSR count). The summed E-state index contributed by atoms with van der Waals surface area (Å²) in [5.41, 5.74) is 3.52. The van der Waals surface area contributed by atoms with Crippen LogP contribution in [0.3, 0.4) is 0 Å². The molecule has 0 unspecified atom stereocenters. The molecule has 0 spiro atoms. The molecule has 6 nitrogen and oxygen atoms in total. The molecule has 1 heterocycles. The summed E-state index contributed by atoms with van der Waals surface area (Å²) in [6, 6.07) is 15.0. The second-order valence-corrected chi connectivity index (χ2v) is 7.06. The van der Waals surface area contributed by atoms with Gasteiger partial charge in [-0.15, -0.1) is 0 Å². The number of cyclic esters (lactones) is 1. The standard InChI is InChI=1S/C22H21NO5/c24-20(23-18-11-5-7-14-6-1-2-8-15(14)18)13-27-21(25)12-19-16-9-3-4-10-17(16)22(26)28-19/h1-4,6,8-10,18-19H,5,7,11-13H2,(H,23,24)/t18-,19-/m0/s1. The minimum atomic E-state index is -0.663. The summed E-state index contributed by atoms with van der Waals surface area (Å²) < 4.78 is 10.3. The summed E-state index contributed by atoms with van der Waals surface area (Å²) in [5.74, 6) is -1.35. The van der Waals surface area contributed by atoms with Crippen molar-refractivity contribution in [3.63, 3.8) is 0 Å². The number of carbonyl (C=O) groups excluding carboxylic acids is 3. The number of amides is 1. The number of hydrogen-bond acceptors (Lipinski definition) is 5. The first-order chi connectivity index (χ1) is 13.6. The Bertz CT molecular complexity index is 923. The van der Waals surface area contributed by atoms with Crippen LogP contribution in [0.2, 0.25) is 0 Å². The SMILES string of the molecule is O=C(COC(=O)C[C@@H]1OC(=O)c2ccccc21)N[C@H]1CCCc2ccccc21. The lowest BCUT2D eigenvalue weighted by molar-refractivity contribution is -0.150. The van der Waals surface area contributed by atoms with Crippen LogP contribution in [-0.2, 0) is 25.5 Å². The molecule has 2 aromatic carbocycles. The summed E-state index contributed by atoms with van der Waals surface area (Å²) in [4.78, 5) is 36.2. The van der Waals surface area contributed by atoms with Crippen molar-refractivity contribution in [1.29, 1.82) is 0 Å². The van der Waals surface area contributed by atoms with Gasteiger partial charge >= 0.3 is 11.9 Å². The van der Waals surface area contributed by atoms with E-state index in [1.165, 1.54) is 5.56 Å². The molecule has 0 fully saturated rings. The number of hydrogen-bond donors (Lipinski definition) is 1. The number of ether oxygens (including phenoxy) is 2. The minimum Gasteiger partial charge on any atom is -0.455 e. The fourth-order valence-corrected chi connectivity index (χ4v) is 3.87. The highest BCUT2D eigenvalue weighted by molar-refractivity contribution is 5.94. The van der Waals surface area contributed by atoms with E-state index < -0.39 is 18.0 Å². The summed E-state index contributed by atoms with van der Waals surface area (Å²) in [7, 11) is 0. The monoisotopic (exact) mass is 379 g/mol. The number of rotatable bonds is 5. The van der Waals surface area contributed by atoms with Gasteiger partial charge < -0.3 is 14.8 Å². The van der Waals surface area contributed by atoms with Gasteiger partial charge in [-0.3, -0.25) is 9.59 Å². The van der Waals surface area contributed by atoms with Crippen molar-refractivity contribution in [3.05, 3.63) is 70.8 Å². The van der Waals surface area contributed by atoms with Crippen LogP contribution in [0.25, 0.3) is 0 Å². The molecule has 2 aliphatic rings. The van der Waals surface area contributed by atoms with Crippen molar-refractivity contribution in [1.82, 2.24) is 5.32 Å². The van der Waals surface area contributed by atoms with Crippen LogP contribution in [0, 0.1) is 0 Å². The van der Waals surface area contributed by atoms with Gasteiger partial charge in [-0.2, -0.15) is 0 Å². The Kier molecular flexibility index (Phi) is 5.10. The summed E-state index contributed by atoms with van der Waals surface area (Å²) in [6.07, 6.45) is 2.12. The van der Waals surface area contributed by atoms with Gasteiger partial charge in [-0.25, -0.2) is 4.79 Å². The number of aryl methyl sites for hydroxylation is 1. The molecule has 1 aliphatic carbocycles. The summed E-state index contributed by atoms with van der Waals surface area (Å²) in [6.45, 7) is -0.347. The van der Waals surface area contributed by atoms with Gasteiger partial charge in [0.1, 0.15) is 6.10 Å². The fourth-order valence-electron chi connectivity index (χ4n) is 3.87. The molecule has 144 valence electrons. The van der Waals surface area contributed by atoms with Gasteiger partial charge in [0.15, 0.2) is 6.61 Å². The highest BCUT2D eigenvalue weighted by atomic mass is 16.6. The third-order valence-electron chi connectivity index (χ3n) is 5.20. The maximum Gasteiger partial charge on any atom is 0.339 e. The predicted molar refractivity (Wildman–Crippen MR) is 100 cm³/mol. The average Bonchev–Trinajstić information content (AvgIpc) is 3.02. The van der Waals surface area contributed by atoms with E-state index in [-0.39, 0.29) is 25.0 Å². The van der Waals surface area contributed by atoms with E-state index >= 15 is 0 Å². The Hall–Kier alpha value is -3.15. The Labute approximate surface area is 162 Å². The lowest BCUT2D eigenvalue weighted by Crippen LogP contribution is -2.34. The third-order valence-corrected chi connectivity index (χ3v) is 5.20. The van der Waals surface area contributed by atoms with Crippen LogP contribution in [0.1, 0.15) is 58.5 Å². The molecule has 2 atom stereocenters. The van der Waals surface area contributed by atoms with Gasteiger partial charge in [0, 0.05) is 5.56 Å². The molecule has 0 bridgehead atoms. The van der Waals surface area contributed by atoms with E-state index in [9.17, 15) is 14.4 Å². The van der Waals surface area contributed by atoms with Gasteiger partial charge in [0.05, 0.1) is 18.0 Å². The van der Waals surface area contributed by atoms with Crippen LogP contribution < -0.4 is 5.32 Å². The quantitative estimate of drug-likeness (QED) is 0.808. The van der Waals surface area contributed by atoms with Crippen molar-refractivity contribution in [2.24, 2.45) is 0 Å². The number of fused-ring (bicyclic) bond motifs is 2. The van der Waals surface area contributed by atoms with E-state index in [2.05, 4.69) is 11.4 Å². The van der Waals surface area contributed by atoms with Crippen LogP contribution in [0.4, 0.5) is 0 Å². The zero-order chi connectivity index (χ0) is 19.5. The smallest absolute Gasteiger partial charge is 0.339 e. The predicted octanol–water partition coefficient (Wildman–Crippen LogP) is 3.03. The first kappa shape index (κ1) is 18.2. The minimum absolute atomic E-state index is 0.0567. The molecule has 6 heteroatoms. The highest BCUT2D eigenvalue weighted by Gasteiger charge is 2.32. The molecular weight excluding hydrogens is 358 g/mol. The van der Waals surface area contributed by atoms with Crippen molar-refractivity contribution in [3.8, 4) is 0 Å². The maximum absolute atomic E-state index is 12.2. The zero-order valence-corrected chi connectivity index (χ0v) is 15.4. The van der Waals surface area contributed by atoms with Crippen molar-refractivity contribution >= 4 is 17.8 Å². The van der Waals surface area contributed by atoms with Gasteiger partial charge in [-0.1, -0.05) is 42.5 Å². The number of carbonyl (C=O) groups is 3. The molecule has 1 N–H and O–H groups in total. The van der Waals surface area contributed by atoms with E-state index in [0.29, 0.717) is 11.1 Å². The Balaban J connectivity index is 1.29. The first-order valence-corrected chi connectivity index (χ1v) is 9.44. The maximum atomic E-state index is 12.2. The second-order valence-electron chi connectivity index (χ2n) is 7.06. The van der Waals surface area contributed by atoms with E-state index in [4.69, 9.17) is 9.47 Å². The van der Waals surface area contributed by atoms with Gasteiger partial charge in [0.2, 0.25) is 0 Å². The van der Waals surface area contributed by atoms with Crippen molar-refractivity contribution < 1.29 is 23.9 Å². The topological polar surface area (TPSA) is 81.7 Å². The summed E-state index contributed by atoms with van der Waals surface area (Å²) >= 11 is 0. The fraction of sp³-hybridized carbons (Fsp3) is 0.318. The normalized spacial score (nSPS) is 19.9. The number of esters is 2. The molecule has 0 radical (unpaired) electrons. The molecule has 28 heavy (non-hydrogen) atoms. The molecule has 1 aliphatic heterocycles. The van der Waals surface area contributed by atoms with Crippen LogP contribution in [-0.4, -0.2) is 24.5 Å². The van der Waals surface area contributed by atoms with E-state index in [1.807, 2.05) is 18.2 Å². The van der Waals surface area contributed by atoms with Crippen LogP contribution >= 0.6 is 0 Å². The Morgan fingerprint density at radius 2 is 1.82 bits per heavy atom. The third kappa shape index (κ3) is 3.76. The van der Waals surface area contributed by atoms with Crippen LogP contribution in [0.5, 0.6) is 0 Å². The molecule has 0 saturated carbocycles. The summed E-state index contributed by atoms with van der Waals surface area (Å²) in [5, 5.41) is 2.95. The largest absolute Gasteiger partial charge is 0.455 e. The van der Waals surface area contributed by atoms with Gasteiger partial charge in [-0.05, 0) is 36.5 Å².